The summed E-state index contributed by atoms with van der Waals surface area (Å²) in [6.07, 6.45) is -0.544. The molecular weight excluding hydrogens is 296 g/mol. The minimum absolute atomic E-state index is 0.0405. The molecule has 3 atom stereocenters. The first kappa shape index (κ1) is 17.4. The van der Waals surface area contributed by atoms with Crippen LogP contribution in [0.3, 0.4) is 0 Å². The molecule has 0 spiro atoms. The zero-order chi connectivity index (χ0) is 17.0. The molecule has 0 aliphatic carbocycles. The summed E-state index contributed by atoms with van der Waals surface area (Å²) in [5.74, 6) is -0.867. The quantitative estimate of drug-likeness (QED) is 0.778. The van der Waals surface area contributed by atoms with E-state index in [-0.39, 0.29) is 31.4 Å². The maximum Gasteiger partial charge on any atom is 0.329 e. The van der Waals surface area contributed by atoms with Gasteiger partial charge in [0, 0.05) is 13.0 Å². The maximum absolute atomic E-state index is 12.4. The highest BCUT2D eigenvalue weighted by atomic mass is 16.5. The molecule has 1 aliphatic rings. The van der Waals surface area contributed by atoms with E-state index < -0.39 is 24.2 Å². The van der Waals surface area contributed by atoms with Gasteiger partial charge in [0.1, 0.15) is 12.6 Å². The number of rotatable bonds is 5. The molecule has 0 aromatic heterocycles. The van der Waals surface area contributed by atoms with E-state index in [0.717, 1.165) is 5.56 Å². The Hall–Kier alpha value is -1.92. The number of β-amino-alcohol motifs (C(OH)–C–C–N with tert-alkyl or cyclic N) is 1. The van der Waals surface area contributed by atoms with Gasteiger partial charge in [-0.05, 0) is 11.5 Å². The topological polar surface area (TPSA) is 92.9 Å². The third-order valence-corrected chi connectivity index (χ3v) is 4.06. The highest BCUT2D eigenvalue weighted by molar-refractivity contribution is 5.88. The molecule has 1 aromatic carbocycles. The van der Waals surface area contributed by atoms with Crippen molar-refractivity contribution in [1.82, 2.24) is 4.90 Å². The van der Waals surface area contributed by atoms with Gasteiger partial charge in [-0.2, -0.15) is 0 Å². The minimum Gasteiger partial charge on any atom is -0.459 e. The summed E-state index contributed by atoms with van der Waals surface area (Å²) in [6.45, 7) is 3.95. The van der Waals surface area contributed by atoms with Crippen LogP contribution in [0, 0.1) is 5.92 Å². The smallest absolute Gasteiger partial charge is 0.329 e. The largest absolute Gasteiger partial charge is 0.459 e. The molecule has 0 bridgehead atoms. The second-order valence-corrected chi connectivity index (χ2v) is 6.26. The van der Waals surface area contributed by atoms with Crippen molar-refractivity contribution in [2.45, 2.75) is 45.1 Å². The van der Waals surface area contributed by atoms with Crippen LogP contribution in [-0.2, 0) is 20.9 Å². The Labute approximate surface area is 136 Å². The lowest BCUT2D eigenvalue weighted by Gasteiger charge is -2.27. The molecule has 126 valence electrons. The van der Waals surface area contributed by atoms with Crippen LogP contribution in [0.4, 0.5) is 0 Å². The number of nitrogens with zero attached hydrogens (tertiary/aromatic N) is 1. The number of amides is 1. The lowest BCUT2D eigenvalue weighted by atomic mass is 10.0. The van der Waals surface area contributed by atoms with E-state index in [2.05, 4.69) is 0 Å². The number of carbonyl (C=O) groups excluding carboxylic acids is 2. The fourth-order valence-electron chi connectivity index (χ4n) is 2.58. The highest BCUT2D eigenvalue weighted by Crippen LogP contribution is 2.21. The number of esters is 1. The van der Waals surface area contributed by atoms with Gasteiger partial charge < -0.3 is 20.5 Å². The Morgan fingerprint density at radius 3 is 2.61 bits per heavy atom. The van der Waals surface area contributed by atoms with Crippen molar-refractivity contribution >= 4 is 11.9 Å². The van der Waals surface area contributed by atoms with Gasteiger partial charge in [0.2, 0.25) is 5.91 Å². The lowest BCUT2D eigenvalue weighted by Crippen LogP contribution is -2.50. The Bertz CT molecular complexity index is 547. The molecular formula is C17H24N2O4. The summed E-state index contributed by atoms with van der Waals surface area (Å²) in [5.41, 5.74) is 6.76. The van der Waals surface area contributed by atoms with Gasteiger partial charge in [0.25, 0.3) is 0 Å². The van der Waals surface area contributed by atoms with Crippen LogP contribution in [-0.4, -0.2) is 46.6 Å². The first-order chi connectivity index (χ1) is 10.9. The molecule has 2 rings (SSSR count). The van der Waals surface area contributed by atoms with Gasteiger partial charge in [0.05, 0.1) is 12.1 Å². The van der Waals surface area contributed by atoms with E-state index in [1.807, 2.05) is 44.2 Å². The first-order valence-electron chi connectivity index (χ1n) is 7.84. The van der Waals surface area contributed by atoms with Crippen molar-refractivity contribution in [2.75, 3.05) is 6.54 Å². The van der Waals surface area contributed by atoms with E-state index in [1.54, 1.807) is 0 Å². The zero-order valence-electron chi connectivity index (χ0n) is 13.5. The van der Waals surface area contributed by atoms with E-state index in [4.69, 9.17) is 10.5 Å². The molecule has 23 heavy (non-hydrogen) atoms. The summed E-state index contributed by atoms with van der Waals surface area (Å²) in [4.78, 5) is 26.1. The zero-order valence-corrected chi connectivity index (χ0v) is 13.5. The molecule has 0 saturated carbocycles. The summed E-state index contributed by atoms with van der Waals surface area (Å²) >= 11 is 0. The number of ether oxygens (including phenoxy) is 1. The molecule has 1 fully saturated rings. The molecule has 0 radical (unpaired) electrons. The average Bonchev–Trinajstić information content (AvgIpc) is 2.94. The second-order valence-electron chi connectivity index (χ2n) is 6.26. The summed E-state index contributed by atoms with van der Waals surface area (Å²) in [6, 6.07) is 7.85. The van der Waals surface area contributed by atoms with Crippen LogP contribution < -0.4 is 5.73 Å². The number of aliphatic hydroxyl groups excluding tert-OH is 1. The molecule has 0 unspecified atom stereocenters. The molecule has 3 N–H and O–H groups in total. The number of carbonyl (C=O) groups is 2. The molecule has 1 aliphatic heterocycles. The minimum atomic E-state index is -0.772. The Morgan fingerprint density at radius 1 is 1.35 bits per heavy atom. The molecule has 1 heterocycles. The van der Waals surface area contributed by atoms with Crippen molar-refractivity contribution in [3.05, 3.63) is 35.9 Å². The molecule has 6 nitrogen and oxygen atoms in total. The van der Waals surface area contributed by atoms with Crippen molar-refractivity contribution < 1.29 is 19.4 Å². The van der Waals surface area contributed by atoms with Crippen LogP contribution >= 0.6 is 0 Å². The fourth-order valence-corrected chi connectivity index (χ4v) is 2.58. The lowest BCUT2D eigenvalue weighted by molar-refractivity contribution is -0.155. The number of hydrogen-bond acceptors (Lipinski definition) is 5. The van der Waals surface area contributed by atoms with Crippen LogP contribution in [0.2, 0.25) is 0 Å². The standard InChI is InChI=1S/C17H24N2O4/c1-11(2)15(18)16(21)19-9-13(20)8-14(19)17(22)23-10-12-6-4-3-5-7-12/h3-7,11,13-15,20H,8-10,18H2,1-2H3/t13-,14+,15+/m1/s1. The summed E-state index contributed by atoms with van der Waals surface area (Å²) in [5, 5.41) is 9.83. The number of nitrogens with two attached hydrogens (primary N) is 1. The van der Waals surface area contributed by atoms with Gasteiger partial charge in [-0.15, -0.1) is 0 Å². The predicted molar refractivity (Wildman–Crippen MR) is 85.2 cm³/mol. The number of benzene rings is 1. The predicted octanol–water partition coefficient (Wildman–Crippen LogP) is 0.675. The number of likely N-dealkylation sites (tertiary alicyclic amines) is 1. The van der Waals surface area contributed by atoms with Gasteiger partial charge >= 0.3 is 5.97 Å². The third kappa shape index (κ3) is 4.30. The van der Waals surface area contributed by atoms with Crippen molar-refractivity contribution in [3.8, 4) is 0 Å². The Balaban J connectivity index is 2.00. The fraction of sp³-hybridized carbons (Fsp3) is 0.529. The SMILES string of the molecule is CC(C)[C@H](N)C(=O)N1C[C@H](O)C[C@H]1C(=O)OCc1ccccc1. The summed E-state index contributed by atoms with van der Waals surface area (Å²) in [7, 11) is 0. The van der Waals surface area contributed by atoms with Crippen molar-refractivity contribution in [3.63, 3.8) is 0 Å². The second kappa shape index (κ2) is 7.57. The van der Waals surface area contributed by atoms with Gasteiger partial charge in [-0.1, -0.05) is 44.2 Å². The molecule has 1 saturated heterocycles. The van der Waals surface area contributed by atoms with Crippen molar-refractivity contribution in [1.29, 1.82) is 0 Å². The third-order valence-electron chi connectivity index (χ3n) is 4.06. The van der Waals surface area contributed by atoms with Crippen LogP contribution in [0.5, 0.6) is 0 Å². The van der Waals surface area contributed by atoms with Gasteiger partial charge in [-0.25, -0.2) is 4.79 Å². The Morgan fingerprint density at radius 2 is 2.00 bits per heavy atom. The van der Waals surface area contributed by atoms with E-state index in [1.165, 1.54) is 4.90 Å². The first-order valence-corrected chi connectivity index (χ1v) is 7.84. The van der Waals surface area contributed by atoms with Gasteiger partial charge in [-0.3, -0.25) is 4.79 Å². The number of hydrogen-bond donors (Lipinski definition) is 2. The van der Waals surface area contributed by atoms with E-state index >= 15 is 0 Å². The number of aliphatic hydroxyl groups is 1. The maximum atomic E-state index is 12.4. The summed E-state index contributed by atoms with van der Waals surface area (Å²) < 4.78 is 5.30. The molecule has 1 amide bonds. The van der Waals surface area contributed by atoms with Crippen LogP contribution in [0.1, 0.15) is 25.8 Å². The van der Waals surface area contributed by atoms with E-state index in [9.17, 15) is 14.7 Å². The van der Waals surface area contributed by atoms with Gasteiger partial charge in [0.15, 0.2) is 0 Å². The van der Waals surface area contributed by atoms with Crippen LogP contribution in [0.25, 0.3) is 0 Å². The van der Waals surface area contributed by atoms with Crippen molar-refractivity contribution in [2.24, 2.45) is 11.7 Å². The Kier molecular flexibility index (Phi) is 5.74. The van der Waals surface area contributed by atoms with E-state index in [0.29, 0.717) is 0 Å². The monoisotopic (exact) mass is 320 g/mol. The van der Waals surface area contributed by atoms with Crippen LogP contribution in [0.15, 0.2) is 30.3 Å². The molecule has 1 aromatic rings. The normalized spacial score (nSPS) is 22.2. The highest BCUT2D eigenvalue weighted by Gasteiger charge is 2.41. The average molecular weight is 320 g/mol. The molecule has 6 heteroatoms.